The van der Waals surface area contributed by atoms with Crippen molar-refractivity contribution in [3.8, 4) is 0 Å². The first-order valence-electron chi connectivity index (χ1n) is 9.75. The normalized spacial score (nSPS) is 16.0. The second-order valence-electron chi connectivity index (χ2n) is 8.13. The van der Waals surface area contributed by atoms with Gasteiger partial charge in [0.05, 0.1) is 29.7 Å². The van der Waals surface area contributed by atoms with Crippen LogP contribution in [-0.2, 0) is 5.54 Å². The Balaban J connectivity index is 1.54. The molecule has 0 spiro atoms. The minimum absolute atomic E-state index is 0.0310. The molecule has 2 heterocycles. The van der Waals surface area contributed by atoms with Crippen molar-refractivity contribution < 1.29 is 18.0 Å². The van der Waals surface area contributed by atoms with Crippen molar-refractivity contribution in [3.63, 3.8) is 0 Å². The van der Waals surface area contributed by atoms with Gasteiger partial charge in [-0.1, -0.05) is 13.8 Å². The number of rotatable bonds is 5. The van der Waals surface area contributed by atoms with E-state index >= 15 is 0 Å². The summed E-state index contributed by atoms with van der Waals surface area (Å²) in [7, 11) is 0. The van der Waals surface area contributed by atoms with Crippen molar-refractivity contribution in [2.45, 2.75) is 45.2 Å². The second-order valence-corrected chi connectivity index (χ2v) is 8.13. The topological polar surface area (TPSA) is 106 Å². The van der Waals surface area contributed by atoms with Gasteiger partial charge in [0.15, 0.2) is 11.4 Å². The first-order valence-corrected chi connectivity index (χ1v) is 9.75. The summed E-state index contributed by atoms with van der Waals surface area (Å²) in [6, 6.07) is 0.946. The summed E-state index contributed by atoms with van der Waals surface area (Å²) in [5, 5.41) is 5.85. The number of nitrogens with one attached hydrogen (secondary N) is 2. The molecule has 2 aromatic heterocycles. The van der Waals surface area contributed by atoms with Gasteiger partial charge in [0.25, 0.3) is 0 Å². The molecule has 4 rings (SSSR count). The number of anilines is 1. The summed E-state index contributed by atoms with van der Waals surface area (Å²) < 4.78 is 33.4. The van der Waals surface area contributed by atoms with Crippen LogP contribution in [0.4, 0.5) is 19.3 Å². The van der Waals surface area contributed by atoms with Crippen LogP contribution in [0.25, 0.3) is 11.0 Å². The number of urea groups is 1. The largest absolute Gasteiger partial charge is 0.455 e. The number of aromatic nitrogens is 2. The molecule has 0 bridgehead atoms. The Hall–Kier alpha value is -3.07. The van der Waals surface area contributed by atoms with E-state index in [0.717, 1.165) is 18.9 Å². The Morgan fingerprint density at radius 1 is 1.23 bits per heavy atom. The fraction of sp³-hybridized carbons (Fsp3) is 0.381. The smallest absolute Gasteiger partial charge is 0.319 e. The van der Waals surface area contributed by atoms with Gasteiger partial charge < -0.3 is 20.8 Å². The molecule has 7 nitrogen and oxygen atoms in total. The number of aryl methyl sites for hydroxylation is 1. The van der Waals surface area contributed by atoms with Crippen LogP contribution in [0.15, 0.2) is 28.9 Å². The van der Waals surface area contributed by atoms with Crippen LogP contribution >= 0.6 is 0 Å². The van der Waals surface area contributed by atoms with Crippen molar-refractivity contribution >= 4 is 22.7 Å². The fourth-order valence-corrected chi connectivity index (χ4v) is 3.41. The Bertz CT molecular complexity index is 1110. The number of nitrogens with two attached hydrogens (primary N) is 1. The number of benzene rings is 1. The summed E-state index contributed by atoms with van der Waals surface area (Å²) in [6.45, 7) is 5.49. The number of nitrogens with zero attached hydrogens (tertiary/aromatic N) is 2. The third-order valence-electron chi connectivity index (χ3n) is 5.37. The van der Waals surface area contributed by atoms with Crippen LogP contribution in [0, 0.1) is 24.5 Å². The highest BCUT2D eigenvalue weighted by Crippen LogP contribution is 2.40. The molecular formula is C21H23F2N5O2. The lowest BCUT2D eigenvalue weighted by Crippen LogP contribution is -2.35. The van der Waals surface area contributed by atoms with E-state index in [9.17, 15) is 13.6 Å². The zero-order chi connectivity index (χ0) is 21.6. The van der Waals surface area contributed by atoms with E-state index in [0.29, 0.717) is 28.2 Å². The number of hydrogen-bond acceptors (Lipinski definition) is 5. The van der Waals surface area contributed by atoms with Gasteiger partial charge in [-0.25, -0.2) is 23.5 Å². The molecule has 1 saturated carbocycles. The van der Waals surface area contributed by atoms with Crippen molar-refractivity contribution in [1.82, 2.24) is 15.3 Å². The van der Waals surface area contributed by atoms with E-state index in [2.05, 4.69) is 20.6 Å². The van der Waals surface area contributed by atoms with E-state index in [1.54, 1.807) is 6.92 Å². The lowest BCUT2D eigenvalue weighted by Gasteiger charge is -2.21. The summed E-state index contributed by atoms with van der Waals surface area (Å²) >= 11 is 0. The predicted octanol–water partition coefficient (Wildman–Crippen LogP) is 4.28. The van der Waals surface area contributed by atoms with Crippen LogP contribution in [0.5, 0.6) is 0 Å². The first kappa shape index (κ1) is 20.2. The average molecular weight is 415 g/mol. The molecule has 30 heavy (non-hydrogen) atoms. The van der Waals surface area contributed by atoms with Crippen LogP contribution < -0.4 is 16.4 Å². The van der Waals surface area contributed by atoms with Gasteiger partial charge in [0, 0.05) is 17.0 Å². The lowest BCUT2D eigenvalue weighted by molar-refractivity contribution is 0.241. The van der Waals surface area contributed by atoms with Crippen LogP contribution in [0.2, 0.25) is 0 Å². The summed E-state index contributed by atoms with van der Waals surface area (Å²) in [6.07, 6.45) is 4.70. The molecule has 9 heteroatoms. The van der Waals surface area contributed by atoms with Gasteiger partial charge in [-0.05, 0) is 31.7 Å². The van der Waals surface area contributed by atoms with Gasteiger partial charge in [-0.2, -0.15) is 0 Å². The highest BCUT2D eigenvalue weighted by Gasteiger charge is 2.42. The second kappa shape index (κ2) is 7.32. The minimum atomic E-state index is -0.781. The molecule has 1 fully saturated rings. The number of hydrogen-bond donors (Lipinski definition) is 3. The summed E-state index contributed by atoms with van der Waals surface area (Å²) in [4.78, 5) is 21.0. The number of carbonyl (C=O) groups excluding carboxylic acids is 1. The van der Waals surface area contributed by atoms with Crippen molar-refractivity contribution in [2.24, 2.45) is 11.7 Å². The zero-order valence-electron chi connectivity index (χ0n) is 16.9. The molecular weight excluding hydrogens is 392 g/mol. The van der Waals surface area contributed by atoms with Crippen LogP contribution in [0.3, 0.4) is 0 Å². The monoisotopic (exact) mass is 415 g/mol. The van der Waals surface area contributed by atoms with Gasteiger partial charge in [0.2, 0.25) is 0 Å². The summed E-state index contributed by atoms with van der Waals surface area (Å²) in [5.74, 6) is -0.604. The standard InChI is InChI=1S/C21H23F2N5O2/c1-10(2)16(17-11(3)14-6-12(22)7-15(23)18(14)30-17)28-20(29)27-13-8-25-19(26-9-13)21(24)4-5-21/h6-10,16H,4-5,24H2,1-3H3,(H2,27,28,29). The van der Waals surface area contributed by atoms with Crippen molar-refractivity contribution in [3.05, 3.63) is 53.3 Å². The Morgan fingerprint density at radius 2 is 1.90 bits per heavy atom. The number of fused-ring (bicyclic) bond motifs is 1. The molecule has 158 valence electrons. The number of halogens is 2. The lowest BCUT2D eigenvalue weighted by atomic mass is 9.98. The average Bonchev–Trinajstić information content (AvgIpc) is 3.35. The van der Waals surface area contributed by atoms with Crippen LogP contribution in [-0.4, -0.2) is 16.0 Å². The molecule has 0 saturated heterocycles. The molecule has 0 aliphatic heterocycles. The molecule has 0 radical (unpaired) electrons. The molecule has 1 unspecified atom stereocenters. The quantitative estimate of drug-likeness (QED) is 0.577. The third kappa shape index (κ3) is 3.72. The maximum Gasteiger partial charge on any atom is 0.319 e. The highest BCUT2D eigenvalue weighted by atomic mass is 19.1. The third-order valence-corrected chi connectivity index (χ3v) is 5.37. The van der Waals surface area contributed by atoms with Gasteiger partial charge >= 0.3 is 6.03 Å². The van der Waals surface area contributed by atoms with E-state index in [1.807, 2.05) is 13.8 Å². The van der Waals surface area contributed by atoms with Crippen molar-refractivity contribution in [2.75, 3.05) is 5.32 Å². The van der Waals surface area contributed by atoms with Gasteiger partial charge in [-0.3, -0.25) is 0 Å². The first-order chi connectivity index (χ1) is 14.2. The van der Waals surface area contributed by atoms with Crippen LogP contribution in [0.1, 0.15) is 49.9 Å². The van der Waals surface area contributed by atoms with E-state index in [-0.39, 0.29) is 11.5 Å². The molecule has 4 N–H and O–H groups in total. The van der Waals surface area contributed by atoms with E-state index < -0.39 is 29.2 Å². The predicted molar refractivity (Wildman–Crippen MR) is 108 cm³/mol. The summed E-state index contributed by atoms with van der Waals surface area (Å²) in [5.41, 5.74) is 6.58. The molecule has 1 atom stereocenters. The van der Waals surface area contributed by atoms with Gasteiger partial charge in [-0.15, -0.1) is 0 Å². The Kier molecular flexibility index (Phi) is 4.93. The molecule has 2 amide bonds. The van der Waals surface area contributed by atoms with Gasteiger partial charge in [0.1, 0.15) is 17.4 Å². The molecule has 1 aliphatic carbocycles. The SMILES string of the molecule is Cc1c(C(NC(=O)Nc2cnc(C3(N)CC3)nc2)C(C)C)oc2c(F)cc(F)cc12. The number of amides is 2. The Morgan fingerprint density at radius 3 is 2.50 bits per heavy atom. The Labute approximate surface area is 172 Å². The molecule has 3 aromatic rings. The number of furan rings is 1. The maximum atomic E-state index is 14.1. The fourth-order valence-electron chi connectivity index (χ4n) is 3.41. The minimum Gasteiger partial charge on any atom is -0.455 e. The molecule has 1 aliphatic rings. The number of carbonyl (C=O) groups is 1. The van der Waals surface area contributed by atoms with E-state index in [4.69, 9.17) is 10.2 Å². The highest BCUT2D eigenvalue weighted by molar-refractivity contribution is 5.89. The molecule has 1 aromatic carbocycles. The maximum absolute atomic E-state index is 14.1. The van der Waals surface area contributed by atoms with Crippen molar-refractivity contribution in [1.29, 1.82) is 0 Å². The zero-order valence-corrected chi connectivity index (χ0v) is 16.9. The van der Waals surface area contributed by atoms with E-state index in [1.165, 1.54) is 18.5 Å².